The molecule has 0 aliphatic rings. The van der Waals surface area contributed by atoms with E-state index < -0.39 is 24.0 Å². The van der Waals surface area contributed by atoms with E-state index in [0.29, 0.717) is 12.8 Å². The minimum absolute atomic E-state index is 0.165. The Kier molecular flexibility index (Phi) is 6.80. The number of hydrogen-bond acceptors (Lipinski definition) is 3. The first-order chi connectivity index (χ1) is 7.73. The van der Waals surface area contributed by atoms with Crippen molar-refractivity contribution in [2.45, 2.75) is 52.7 Å². The molecule has 0 spiro atoms. The molecule has 1 amide bonds. The van der Waals surface area contributed by atoms with E-state index in [1.165, 1.54) is 0 Å². The van der Waals surface area contributed by atoms with E-state index >= 15 is 0 Å². The fourth-order valence-corrected chi connectivity index (χ4v) is 1.51. The minimum atomic E-state index is -1.14. The lowest BCUT2D eigenvalue weighted by Crippen LogP contribution is -2.46. The molecule has 5 heteroatoms. The lowest BCUT2D eigenvalue weighted by atomic mass is 10.0. The monoisotopic (exact) mass is 245 g/mol. The molecule has 0 saturated carbocycles. The van der Waals surface area contributed by atoms with E-state index in [0.717, 1.165) is 0 Å². The number of carboxylic acids is 1. The molecule has 100 valence electrons. The van der Waals surface area contributed by atoms with Gasteiger partial charge in [-0.15, -0.1) is 0 Å². The Hall–Kier alpha value is -1.10. The number of hydrogen-bond donors (Lipinski definition) is 3. The smallest absolute Gasteiger partial charge is 0.326 e. The third-order valence-electron chi connectivity index (χ3n) is 2.32. The summed E-state index contributed by atoms with van der Waals surface area (Å²) < 4.78 is 0. The van der Waals surface area contributed by atoms with Crippen molar-refractivity contribution in [1.29, 1.82) is 0 Å². The van der Waals surface area contributed by atoms with Gasteiger partial charge in [-0.05, 0) is 24.7 Å². The molecule has 0 aromatic carbocycles. The Labute approximate surface area is 102 Å². The topological polar surface area (TPSA) is 86.6 Å². The highest BCUT2D eigenvalue weighted by atomic mass is 16.4. The Morgan fingerprint density at radius 3 is 1.88 bits per heavy atom. The Bertz CT molecular complexity index is 263. The molecule has 0 fully saturated rings. The van der Waals surface area contributed by atoms with Crippen LogP contribution in [-0.2, 0) is 9.59 Å². The van der Waals surface area contributed by atoms with Gasteiger partial charge in [-0.1, -0.05) is 27.7 Å². The van der Waals surface area contributed by atoms with Crippen LogP contribution in [0.3, 0.4) is 0 Å². The van der Waals surface area contributed by atoms with Crippen molar-refractivity contribution in [2.24, 2.45) is 11.8 Å². The SMILES string of the molecule is CC(C)CC(O)C(=O)N[C@@H](CC(C)C)C(=O)O. The van der Waals surface area contributed by atoms with Crippen LogP contribution in [0.2, 0.25) is 0 Å². The zero-order valence-corrected chi connectivity index (χ0v) is 10.9. The maximum atomic E-state index is 11.6. The van der Waals surface area contributed by atoms with Crippen LogP contribution < -0.4 is 5.32 Å². The highest BCUT2D eigenvalue weighted by Crippen LogP contribution is 2.08. The summed E-state index contributed by atoms with van der Waals surface area (Å²) in [5, 5.41) is 20.9. The number of nitrogens with one attached hydrogen (secondary N) is 1. The summed E-state index contributed by atoms with van der Waals surface area (Å²) >= 11 is 0. The molecule has 0 bridgehead atoms. The first-order valence-corrected chi connectivity index (χ1v) is 5.95. The molecule has 5 nitrogen and oxygen atoms in total. The molecular weight excluding hydrogens is 222 g/mol. The second-order valence-corrected chi connectivity index (χ2v) is 5.17. The van der Waals surface area contributed by atoms with Gasteiger partial charge in [0.25, 0.3) is 0 Å². The van der Waals surface area contributed by atoms with Crippen molar-refractivity contribution in [3.63, 3.8) is 0 Å². The van der Waals surface area contributed by atoms with Crippen molar-refractivity contribution < 1.29 is 19.8 Å². The third kappa shape index (κ3) is 6.94. The normalized spacial score (nSPS) is 14.8. The predicted octanol–water partition coefficient (Wildman–Crippen LogP) is 1.01. The molecule has 0 saturated heterocycles. The fraction of sp³-hybridized carbons (Fsp3) is 0.833. The van der Waals surface area contributed by atoms with Crippen LogP contribution in [0, 0.1) is 11.8 Å². The molecule has 17 heavy (non-hydrogen) atoms. The van der Waals surface area contributed by atoms with Gasteiger partial charge >= 0.3 is 5.97 Å². The Morgan fingerprint density at radius 1 is 1.06 bits per heavy atom. The van der Waals surface area contributed by atoms with Crippen molar-refractivity contribution in [3.8, 4) is 0 Å². The van der Waals surface area contributed by atoms with Crippen LogP contribution in [0.1, 0.15) is 40.5 Å². The lowest BCUT2D eigenvalue weighted by molar-refractivity contribution is -0.144. The number of aliphatic hydroxyl groups excluding tert-OH is 1. The summed E-state index contributed by atoms with van der Waals surface area (Å²) in [7, 11) is 0. The van der Waals surface area contributed by atoms with Gasteiger partial charge in [-0.3, -0.25) is 4.79 Å². The zero-order chi connectivity index (χ0) is 13.6. The van der Waals surface area contributed by atoms with Crippen molar-refractivity contribution in [3.05, 3.63) is 0 Å². The number of carboxylic acid groups (broad SMARTS) is 1. The summed E-state index contributed by atoms with van der Waals surface area (Å²) in [5.41, 5.74) is 0. The van der Waals surface area contributed by atoms with Gasteiger partial charge in [-0.2, -0.15) is 0 Å². The largest absolute Gasteiger partial charge is 0.480 e. The van der Waals surface area contributed by atoms with Gasteiger partial charge in [0.2, 0.25) is 5.91 Å². The van der Waals surface area contributed by atoms with E-state index in [-0.39, 0.29) is 11.8 Å². The molecule has 1 unspecified atom stereocenters. The molecular formula is C12H23NO4. The Morgan fingerprint density at radius 2 is 1.53 bits per heavy atom. The molecule has 0 aliphatic carbocycles. The average molecular weight is 245 g/mol. The van der Waals surface area contributed by atoms with Crippen LogP contribution in [0.15, 0.2) is 0 Å². The summed E-state index contributed by atoms with van der Waals surface area (Å²) in [6, 6.07) is -0.927. The van der Waals surface area contributed by atoms with Crippen molar-refractivity contribution >= 4 is 11.9 Å². The van der Waals surface area contributed by atoms with Crippen LogP contribution in [0.25, 0.3) is 0 Å². The molecule has 0 aromatic heterocycles. The molecule has 0 rings (SSSR count). The van der Waals surface area contributed by atoms with E-state index in [1.807, 2.05) is 27.7 Å². The van der Waals surface area contributed by atoms with Crippen LogP contribution in [0.4, 0.5) is 0 Å². The second-order valence-electron chi connectivity index (χ2n) is 5.17. The quantitative estimate of drug-likeness (QED) is 0.624. The maximum Gasteiger partial charge on any atom is 0.326 e. The standard InChI is InChI=1S/C12H23NO4/c1-7(2)5-9(12(16)17)13-11(15)10(14)6-8(3)4/h7-10,14H,5-6H2,1-4H3,(H,13,15)(H,16,17)/t9-,10?/m0/s1. The van der Waals surface area contributed by atoms with Crippen molar-refractivity contribution in [1.82, 2.24) is 5.32 Å². The van der Waals surface area contributed by atoms with Crippen LogP contribution in [-0.4, -0.2) is 34.2 Å². The van der Waals surface area contributed by atoms with E-state index in [2.05, 4.69) is 5.32 Å². The van der Waals surface area contributed by atoms with Gasteiger partial charge in [0.05, 0.1) is 0 Å². The van der Waals surface area contributed by atoms with Gasteiger partial charge in [-0.25, -0.2) is 4.79 Å². The van der Waals surface area contributed by atoms with Gasteiger partial charge < -0.3 is 15.5 Å². The molecule has 0 aromatic rings. The number of amides is 1. The maximum absolute atomic E-state index is 11.6. The van der Waals surface area contributed by atoms with Crippen LogP contribution >= 0.6 is 0 Å². The highest BCUT2D eigenvalue weighted by molar-refractivity contribution is 5.86. The van der Waals surface area contributed by atoms with E-state index in [4.69, 9.17) is 5.11 Å². The summed E-state index contributed by atoms with van der Waals surface area (Å²) in [6.07, 6.45) is -0.445. The molecule has 0 radical (unpaired) electrons. The number of aliphatic hydroxyl groups is 1. The zero-order valence-electron chi connectivity index (χ0n) is 10.9. The average Bonchev–Trinajstić information content (AvgIpc) is 2.14. The van der Waals surface area contributed by atoms with Gasteiger partial charge in [0.1, 0.15) is 12.1 Å². The number of carbonyl (C=O) groups is 2. The van der Waals surface area contributed by atoms with Crippen LogP contribution in [0.5, 0.6) is 0 Å². The highest BCUT2D eigenvalue weighted by Gasteiger charge is 2.24. The Balaban J connectivity index is 4.35. The summed E-state index contributed by atoms with van der Waals surface area (Å²) in [4.78, 5) is 22.5. The predicted molar refractivity (Wildman–Crippen MR) is 64.5 cm³/mol. The summed E-state index contributed by atoms with van der Waals surface area (Å²) in [6.45, 7) is 7.54. The van der Waals surface area contributed by atoms with Gasteiger partial charge in [0.15, 0.2) is 0 Å². The number of rotatable bonds is 7. The summed E-state index contributed by atoms with van der Waals surface area (Å²) in [5.74, 6) is -1.32. The molecule has 0 aliphatic heterocycles. The fourth-order valence-electron chi connectivity index (χ4n) is 1.51. The molecule has 2 atom stereocenters. The van der Waals surface area contributed by atoms with E-state index in [1.54, 1.807) is 0 Å². The molecule has 0 heterocycles. The number of aliphatic carboxylic acids is 1. The minimum Gasteiger partial charge on any atom is -0.480 e. The molecule has 3 N–H and O–H groups in total. The van der Waals surface area contributed by atoms with Crippen molar-refractivity contribution in [2.75, 3.05) is 0 Å². The van der Waals surface area contributed by atoms with Gasteiger partial charge in [0, 0.05) is 0 Å². The van der Waals surface area contributed by atoms with E-state index in [9.17, 15) is 14.7 Å². The lowest BCUT2D eigenvalue weighted by Gasteiger charge is -2.19. The first-order valence-electron chi connectivity index (χ1n) is 5.95. The third-order valence-corrected chi connectivity index (χ3v) is 2.32. The first kappa shape index (κ1) is 15.9. The second kappa shape index (κ2) is 7.27. The number of carbonyl (C=O) groups excluding carboxylic acids is 1.